The molecule has 0 nitrogen and oxygen atoms in total. The fraction of sp³-hybridized carbons (Fsp3) is 0.400. The van der Waals surface area contributed by atoms with Crippen molar-refractivity contribution in [2.24, 2.45) is 0 Å². The minimum atomic E-state index is -0.149. The molecule has 12 heavy (non-hydrogen) atoms. The van der Waals surface area contributed by atoms with Crippen molar-refractivity contribution in [2.45, 2.75) is 26.2 Å². The van der Waals surface area contributed by atoms with Crippen molar-refractivity contribution >= 4 is 15.9 Å². The van der Waals surface area contributed by atoms with E-state index in [1.807, 2.05) is 26.8 Å². The van der Waals surface area contributed by atoms with Crippen LogP contribution in [0.4, 0.5) is 4.39 Å². The standard InChI is InChI=1S/C10H12BrF/c1-10(2,3)9-7(11)5-4-6-8(9)12/h4-6H,1-3H3. The summed E-state index contributed by atoms with van der Waals surface area (Å²) < 4.78 is 14.2. The Hall–Kier alpha value is -0.370. The molecule has 0 radical (unpaired) electrons. The van der Waals surface area contributed by atoms with Crippen LogP contribution in [-0.2, 0) is 5.41 Å². The third-order valence-electron chi connectivity index (χ3n) is 1.71. The lowest BCUT2D eigenvalue weighted by atomic mass is 9.87. The van der Waals surface area contributed by atoms with Gasteiger partial charge in [0.15, 0.2) is 0 Å². The molecule has 66 valence electrons. The molecule has 1 rings (SSSR count). The molecule has 0 saturated carbocycles. The first-order valence-electron chi connectivity index (χ1n) is 3.87. The number of halogens is 2. The Morgan fingerprint density at radius 3 is 2.17 bits per heavy atom. The highest BCUT2D eigenvalue weighted by Crippen LogP contribution is 2.31. The second-order valence-corrected chi connectivity index (χ2v) is 4.70. The van der Waals surface area contributed by atoms with E-state index < -0.39 is 0 Å². The molecule has 0 bridgehead atoms. The average molecular weight is 231 g/mol. The Morgan fingerprint density at radius 2 is 1.83 bits per heavy atom. The Labute approximate surface area is 80.9 Å². The van der Waals surface area contributed by atoms with E-state index in [0.717, 1.165) is 10.0 Å². The van der Waals surface area contributed by atoms with Crippen molar-refractivity contribution in [3.8, 4) is 0 Å². The van der Waals surface area contributed by atoms with Crippen LogP contribution >= 0.6 is 15.9 Å². The van der Waals surface area contributed by atoms with Crippen molar-refractivity contribution < 1.29 is 4.39 Å². The third kappa shape index (κ3) is 1.86. The maximum absolute atomic E-state index is 13.3. The van der Waals surface area contributed by atoms with E-state index in [1.165, 1.54) is 6.07 Å². The van der Waals surface area contributed by atoms with Crippen LogP contribution in [-0.4, -0.2) is 0 Å². The Kier molecular flexibility index (Phi) is 2.57. The van der Waals surface area contributed by atoms with Gasteiger partial charge in [-0.25, -0.2) is 4.39 Å². The van der Waals surface area contributed by atoms with Gasteiger partial charge in [-0.3, -0.25) is 0 Å². The van der Waals surface area contributed by atoms with Gasteiger partial charge in [0.25, 0.3) is 0 Å². The summed E-state index contributed by atoms with van der Waals surface area (Å²) in [7, 11) is 0. The molecule has 0 unspecified atom stereocenters. The second-order valence-electron chi connectivity index (χ2n) is 3.85. The highest BCUT2D eigenvalue weighted by molar-refractivity contribution is 9.10. The number of rotatable bonds is 0. The van der Waals surface area contributed by atoms with Crippen LogP contribution in [0.5, 0.6) is 0 Å². The molecule has 0 aliphatic carbocycles. The Morgan fingerprint density at radius 1 is 1.25 bits per heavy atom. The molecule has 0 aliphatic rings. The summed E-state index contributed by atoms with van der Waals surface area (Å²) in [5, 5.41) is 0. The fourth-order valence-corrected chi connectivity index (χ4v) is 2.15. The monoisotopic (exact) mass is 230 g/mol. The van der Waals surface area contributed by atoms with E-state index in [-0.39, 0.29) is 11.2 Å². The Balaban J connectivity index is 3.31. The molecule has 0 heterocycles. The van der Waals surface area contributed by atoms with Crippen molar-refractivity contribution in [3.63, 3.8) is 0 Å². The summed E-state index contributed by atoms with van der Waals surface area (Å²) in [4.78, 5) is 0. The van der Waals surface area contributed by atoms with Crippen LogP contribution in [0.1, 0.15) is 26.3 Å². The molecule has 0 aromatic heterocycles. The molecule has 0 N–H and O–H groups in total. The second kappa shape index (κ2) is 3.17. The molecule has 0 fully saturated rings. The third-order valence-corrected chi connectivity index (χ3v) is 2.37. The predicted octanol–water partition coefficient (Wildman–Crippen LogP) is 3.89. The van der Waals surface area contributed by atoms with Gasteiger partial charge in [0.2, 0.25) is 0 Å². The van der Waals surface area contributed by atoms with Crippen LogP contribution in [0.15, 0.2) is 22.7 Å². The van der Waals surface area contributed by atoms with Crippen molar-refractivity contribution in [1.82, 2.24) is 0 Å². The first kappa shape index (κ1) is 9.72. The number of hydrogen-bond acceptors (Lipinski definition) is 0. The smallest absolute Gasteiger partial charge is 0.128 e. The van der Waals surface area contributed by atoms with Gasteiger partial charge in [0, 0.05) is 10.0 Å². The minimum Gasteiger partial charge on any atom is -0.207 e. The molecule has 0 spiro atoms. The SMILES string of the molecule is CC(C)(C)c1c(F)cccc1Br. The number of hydrogen-bond donors (Lipinski definition) is 0. The number of benzene rings is 1. The van der Waals surface area contributed by atoms with Gasteiger partial charge < -0.3 is 0 Å². The molecular formula is C10H12BrF. The van der Waals surface area contributed by atoms with E-state index in [0.29, 0.717) is 0 Å². The molecule has 1 aromatic carbocycles. The predicted molar refractivity (Wildman–Crippen MR) is 52.8 cm³/mol. The van der Waals surface area contributed by atoms with Crippen molar-refractivity contribution in [3.05, 3.63) is 34.1 Å². The van der Waals surface area contributed by atoms with Gasteiger partial charge in [0.1, 0.15) is 5.82 Å². The molecule has 0 saturated heterocycles. The van der Waals surface area contributed by atoms with Crippen LogP contribution in [0, 0.1) is 5.82 Å². The maximum Gasteiger partial charge on any atom is 0.128 e. The summed E-state index contributed by atoms with van der Waals surface area (Å²) in [6, 6.07) is 5.06. The average Bonchev–Trinajstić information content (AvgIpc) is 1.82. The van der Waals surface area contributed by atoms with Crippen molar-refractivity contribution in [1.29, 1.82) is 0 Å². The van der Waals surface area contributed by atoms with Gasteiger partial charge in [-0.15, -0.1) is 0 Å². The van der Waals surface area contributed by atoms with Crippen LogP contribution in [0.3, 0.4) is 0 Å². The summed E-state index contributed by atoms with van der Waals surface area (Å²) >= 11 is 3.34. The van der Waals surface area contributed by atoms with Crippen LogP contribution in [0.25, 0.3) is 0 Å². The molecule has 2 heteroatoms. The van der Waals surface area contributed by atoms with Gasteiger partial charge in [-0.05, 0) is 17.5 Å². The molecule has 0 aliphatic heterocycles. The first-order chi connectivity index (χ1) is 5.43. The fourth-order valence-electron chi connectivity index (χ4n) is 1.21. The first-order valence-corrected chi connectivity index (χ1v) is 4.66. The van der Waals surface area contributed by atoms with Crippen molar-refractivity contribution in [2.75, 3.05) is 0 Å². The van der Waals surface area contributed by atoms with Crippen LogP contribution in [0.2, 0.25) is 0 Å². The highest BCUT2D eigenvalue weighted by atomic mass is 79.9. The van der Waals surface area contributed by atoms with Gasteiger partial charge in [0.05, 0.1) is 0 Å². The lowest BCUT2D eigenvalue weighted by Gasteiger charge is -2.21. The molecular weight excluding hydrogens is 219 g/mol. The summed E-state index contributed by atoms with van der Waals surface area (Å²) in [6.45, 7) is 5.99. The highest BCUT2D eigenvalue weighted by Gasteiger charge is 2.20. The van der Waals surface area contributed by atoms with E-state index in [2.05, 4.69) is 15.9 Å². The minimum absolute atomic E-state index is 0.142. The van der Waals surface area contributed by atoms with Gasteiger partial charge >= 0.3 is 0 Å². The van der Waals surface area contributed by atoms with E-state index in [1.54, 1.807) is 6.07 Å². The molecule has 1 aromatic rings. The normalized spacial score (nSPS) is 11.8. The quantitative estimate of drug-likeness (QED) is 0.635. The Bertz CT molecular complexity index is 266. The van der Waals surface area contributed by atoms with E-state index in [9.17, 15) is 4.39 Å². The summed E-state index contributed by atoms with van der Waals surface area (Å²) in [6.07, 6.45) is 0. The molecule has 0 atom stereocenters. The summed E-state index contributed by atoms with van der Waals surface area (Å²) in [5.41, 5.74) is 0.592. The van der Waals surface area contributed by atoms with Crippen LogP contribution < -0.4 is 0 Å². The zero-order valence-corrected chi connectivity index (χ0v) is 9.07. The van der Waals surface area contributed by atoms with Gasteiger partial charge in [-0.2, -0.15) is 0 Å². The zero-order valence-electron chi connectivity index (χ0n) is 7.49. The summed E-state index contributed by atoms with van der Waals surface area (Å²) in [5.74, 6) is -0.142. The molecule has 0 amide bonds. The topological polar surface area (TPSA) is 0 Å². The lowest BCUT2D eigenvalue weighted by molar-refractivity contribution is 0.520. The largest absolute Gasteiger partial charge is 0.207 e. The lowest BCUT2D eigenvalue weighted by Crippen LogP contribution is -2.14. The maximum atomic E-state index is 13.3. The van der Waals surface area contributed by atoms with E-state index >= 15 is 0 Å². The van der Waals surface area contributed by atoms with Gasteiger partial charge in [-0.1, -0.05) is 42.8 Å². The van der Waals surface area contributed by atoms with E-state index in [4.69, 9.17) is 0 Å². The zero-order chi connectivity index (χ0) is 9.35.